The molecule has 0 aliphatic heterocycles. The van der Waals surface area contributed by atoms with Gasteiger partial charge in [0.15, 0.2) is 0 Å². The minimum absolute atomic E-state index is 0. The van der Waals surface area contributed by atoms with Crippen molar-refractivity contribution in [1.29, 1.82) is 0 Å². The van der Waals surface area contributed by atoms with Gasteiger partial charge in [0.05, 0.1) is 34.5 Å². The average molecular weight is 415 g/mol. The second-order valence-corrected chi connectivity index (χ2v) is 4.15. The van der Waals surface area contributed by atoms with E-state index in [2.05, 4.69) is 61.4 Å². The van der Waals surface area contributed by atoms with Crippen LogP contribution in [0, 0.1) is 33.3 Å². The summed E-state index contributed by atoms with van der Waals surface area (Å²) in [5.74, 6) is 0. The number of benzene rings is 1. The van der Waals surface area contributed by atoms with Crippen molar-refractivity contribution in [2.75, 3.05) is 28.2 Å². The third-order valence-electron chi connectivity index (χ3n) is 0.892. The fraction of sp³-hybridized carbons (Fsp3) is 0.250. The summed E-state index contributed by atoms with van der Waals surface area (Å²) in [6, 6.07) is 8.90. The first-order valence-electron chi connectivity index (χ1n) is 5.17. The number of hydrogen-bond donors (Lipinski definition) is 0. The van der Waals surface area contributed by atoms with Gasteiger partial charge in [0.2, 0.25) is 0 Å². The van der Waals surface area contributed by atoms with E-state index in [1.165, 1.54) is 0 Å². The standard InChI is InChI=1S/C7H5O.C4H12N.5CO.Mo/c8-6-7-4-2-1-3-5-7;1-5(2,3)4;5*1-2;/h1-5H;1-4H3;;;;;;/q-1;+1;;;;;;. The second-order valence-electron chi connectivity index (χ2n) is 4.15. The van der Waals surface area contributed by atoms with Gasteiger partial charge in [-0.15, -0.1) is 12.1 Å². The van der Waals surface area contributed by atoms with Gasteiger partial charge in [0.1, 0.15) is 0 Å². The van der Waals surface area contributed by atoms with Crippen LogP contribution in [0.2, 0.25) is 0 Å². The van der Waals surface area contributed by atoms with Crippen molar-refractivity contribution < 1.29 is 53.6 Å². The summed E-state index contributed by atoms with van der Waals surface area (Å²) >= 11 is 0. The number of hydrogen-bond acceptors (Lipinski definition) is 1. The van der Waals surface area contributed by atoms with Gasteiger partial charge in [-0.25, -0.2) is 0 Å². The first-order valence-corrected chi connectivity index (χ1v) is 5.17. The molecule has 0 bridgehead atoms. The second kappa shape index (κ2) is 49.6. The van der Waals surface area contributed by atoms with Crippen LogP contribution in [0.1, 0.15) is 5.56 Å². The Morgan fingerprint density at radius 3 is 1.04 bits per heavy atom. The van der Waals surface area contributed by atoms with Crippen molar-refractivity contribution in [3.63, 3.8) is 0 Å². The average Bonchev–Trinajstić information content (AvgIpc) is 2.63. The molecular weight excluding hydrogens is 398 g/mol. The maximum Gasteiger partial charge on any atom is 0 e. The number of nitrogens with zero attached hydrogens (tertiary/aromatic N) is 1. The molecule has 0 saturated carbocycles. The van der Waals surface area contributed by atoms with E-state index in [-0.39, 0.29) is 21.1 Å². The fourth-order valence-electron chi connectivity index (χ4n) is 0.506. The normalized spacial score (nSPS) is 5.75. The largest absolute Gasteiger partial charge is 0 e. The summed E-state index contributed by atoms with van der Waals surface area (Å²) in [5.41, 5.74) is 0.604. The summed E-state index contributed by atoms with van der Waals surface area (Å²) < 4.78 is 38.5. The fourth-order valence-corrected chi connectivity index (χ4v) is 0.506. The van der Waals surface area contributed by atoms with Crippen LogP contribution in [0.25, 0.3) is 0 Å². The zero-order chi connectivity index (χ0) is 20.3. The zero-order valence-corrected chi connectivity index (χ0v) is 15.7. The smallest absolute Gasteiger partial charge is 0 e. The molecule has 0 N–H and O–H groups in total. The molecule has 0 saturated heterocycles. The van der Waals surface area contributed by atoms with Crippen molar-refractivity contribution in [3.05, 3.63) is 69.1 Å². The molecule has 0 fully saturated rings. The molecule has 24 heavy (non-hydrogen) atoms. The molecular formula is C16H17MoNO6. The predicted octanol–water partition coefficient (Wildman–Crippen LogP) is 1.28. The quantitative estimate of drug-likeness (QED) is 0.292. The van der Waals surface area contributed by atoms with Gasteiger partial charge in [-0.2, -0.15) is 17.7 Å². The third kappa shape index (κ3) is 110. The van der Waals surface area contributed by atoms with Crippen LogP contribution in [0.3, 0.4) is 0 Å². The monoisotopic (exact) mass is 417 g/mol. The van der Waals surface area contributed by atoms with Crippen molar-refractivity contribution in [2.45, 2.75) is 0 Å². The Balaban J connectivity index is -0.0000000319. The number of carbonyl (C=O) groups excluding carboxylic acids is 1. The number of quaternary nitrogens is 1. The molecule has 7 nitrogen and oxygen atoms in total. The molecule has 8 heteroatoms. The molecule has 128 valence electrons. The van der Waals surface area contributed by atoms with Crippen LogP contribution in [-0.2, 0) is 49.1 Å². The molecule has 0 radical (unpaired) electrons. The molecule has 0 aliphatic carbocycles. The Morgan fingerprint density at radius 2 is 0.917 bits per heavy atom. The van der Waals surface area contributed by atoms with Crippen LogP contribution < -0.4 is 0 Å². The Morgan fingerprint density at radius 1 is 0.708 bits per heavy atom. The van der Waals surface area contributed by atoms with Gasteiger partial charge in [-0.3, -0.25) is 0 Å². The van der Waals surface area contributed by atoms with Gasteiger partial charge >= 0.3 is 56.5 Å². The van der Waals surface area contributed by atoms with E-state index in [4.69, 9.17) is 23.3 Å². The van der Waals surface area contributed by atoms with E-state index in [1.807, 2.05) is 6.07 Å². The Kier molecular flexibility index (Phi) is 89.3. The summed E-state index contributed by atoms with van der Waals surface area (Å²) in [5, 5.41) is 0. The summed E-state index contributed by atoms with van der Waals surface area (Å²) in [6.07, 6.45) is 1.78. The van der Waals surface area contributed by atoms with E-state index in [1.54, 1.807) is 30.6 Å². The summed E-state index contributed by atoms with van der Waals surface area (Å²) in [7, 11) is 8.50. The maximum absolute atomic E-state index is 9.88. The van der Waals surface area contributed by atoms with Gasteiger partial charge in [-0.05, 0) is 0 Å². The minimum atomic E-state index is 0. The molecule has 0 atom stereocenters. The first-order chi connectivity index (χ1) is 10.9. The van der Waals surface area contributed by atoms with Crippen molar-refractivity contribution in [2.24, 2.45) is 0 Å². The molecule has 0 amide bonds. The van der Waals surface area contributed by atoms with Crippen LogP contribution in [0.5, 0.6) is 0 Å². The van der Waals surface area contributed by atoms with Crippen LogP contribution in [0.15, 0.2) is 30.3 Å². The summed E-state index contributed by atoms with van der Waals surface area (Å²) in [4.78, 5) is 9.88. The Hall–Kier alpha value is -1.76. The minimum Gasteiger partial charge on any atom is 0 e. The molecule has 0 aliphatic rings. The SMILES string of the molecule is C[N+](C)(C)C.O=[C-]c1ccccc1.[C-]#[O+].[C-]#[O+].[C-]#[O+].[C-]#[O+].[C-]#[O+].[Mo]. The van der Waals surface area contributed by atoms with E-state index in [9.17, 15) is 4.79 Å². The molecule has 0 spiro atoms. The van der Waals surface area contributed by atoms with Crippen LogP contribution in [0.4, 0.5) is 0 Å². The van der Waals surface area contributed by atoms with Crippen molar-refractivity contribution in [1.82, 2.24) is 0 Å². The van der Waals surface area contributed by atoms with Gasteiger partial charge in [0.25, 0.3) is 0 Å². The van der Waals surface area contributed by atoms with E-state index < -0.39 is 0 Å². The van der Waals surface area contributed by atoms with Crippen molar-refractivity contribution in [3.8, 4) is 0 Å². The van der Waals surface area contributed by atoms with Crippen molar-refractivity contribution >= 4 is 6.29 Å². The summed E-state index contributed by atoms with van der Waals surface area (Å²) in [6.45, 7) is 22.5. The van der Waals surface area contributed by atoms with Gasteiger partial charge in [0, 0.05) is 21.1 Å². The molecule has 0 aromatic heterocycles. The van der Waals surface area contributed by atoms with E-state index >= 15 is 0 Å². The zero-order valence-electron chi connectivity index (χ0n) is 13.7. The van der Waals surface area contributed by atoms with E-state index in [0.29, 0.717) is 5.56 Å². The first kappa shape index (κ1) is 43.2. The molecule has 0 unspecified atom stereocenters. The van der Waals surface area contributed by atoms with E-state index in [0.717, 1.165) is 4.48 Å². The van der Waals surface area contributed by atoms with Gasteiger partial charge in [-0.1, -0.05) is 6.07 Å². The third-order valence-corrected chi connectivity index (χ3v) is 0.892. The van der Waals surface area contributed by atoms with Crippen LogP contribution in [-0.4, -0.2) is 39.0 Å². The number of rotatable bonds is 1. The Bertz CT molecular complexity index is 389. The molecule has 1 aromatic rings. The Labute approximate surface area is 157 Å². The van der Waals surface area contributed by atoms with Gasteiger partial charge < -0.3 is 9.28 Å². The molecule has 0 heterocycles. The predicted molar refractivity (Wildman–Crippen MR) is 74.8 cm³/mol. The molecule has 1 rings (SSSR count). The molecule has 1 aromatic carbocycles. The topological polar surface area (TPSA) is 117 Å². The van der Waals surface area contributed by atoms with Crippen LogP contribution >= 0.6 is 0 Å². The maximum atomic E-state index is 9.88.